The van der Waals surface area contributed by atoms with E-state index in [-0.39, 0.29) is 5.91 Å². The number of carbonyl (C=O) groups is 1. The quantitative estimate of drug-likeness (QED) is 0.939. The lowest BCUT2D eigenvalue weighted by molar-refractivity contribution is 0.0951. The van der Waals surface area contributed by atoms with Crippen LogP contribution in [-0.4, -0.2) is 10.9 Å². The van der Waals surface area contributed by atoms with Gasteiger partial charge in [0.15, 0.2) is 0 Å². The molecule has 0 spiro atoms. The van der Waals surface area contributed by atoms with E-state index >= 15 is 0 Å². The third-order valence-electron chi connectivity index (χ3n) is 2.53. The standard InChI is InChI=1S/C13H13BrN2OS/c1-8-3-4-10(5-12(8)14)13(17)16-7-11-6-15-9(2)18-11/h3-6H,7H2,1-2H3,(H,16,17). The molecule has 0 aliphatic heterocycles. The van der Waals surface area contributed by atoms with Gasteiger partial charge in [-0.3, -0.25) is 4.79 Å². The predicted molar refractivity (Wildman–Crippen MR) is 76.9 cm³/mol. The van der Waals surface area contributed by atoms with Gasteiger partial charge < -0.3 is 5.32 Å². The molecule has 1 heterocycles. The van der Waals surface area contributed by atoms with Crippen molar-refractivity contribution in [2.24, 2.45) is 0 Å². The van der Waals surface area contributed by atoms with Crippen LogP contribution in [0, 0.1) is 13.8 Å². The molecule has 5 heteroatoms. The largest absolute Gasteiger partial charge is 0.347 e. The molecule has 0 bridgehead atoms. The van der Waals surface area contributed by atoms with Gasteiger partial charge in [-0.15, -0.1) is 11.3 Å². The molecule has 0 radical (unpaired) electrons. The Hall–Kier alpha value is -1.20. The molecule has 18 heavy (non-hydrogen) atoms. The molecule has 2 aromatic rings. The van der Waals surface area contributed by atoms with E-state index in [9.17, 15) is 4.79 Å². The van der Waals surface area contributed by atoms with Crippen LogP contribution in [0.4, 0.5) is 0 Å². The van der Waals surface area contributed by atoms with E-state index in [0.29, 0.717) is 12.1 Å². The number of benzene rings is 1. The van der Waals surface area contributed by atoms with Gasteiger partial charge in [0.1, 0.15) is 0 Å². The van der Waals surface area contributed by atoms with Crippen molar-refractivity contribution in [1.29, 1.82) is 0 Å². The number of rotatable bonds is 3. The third-order valence-corrected chi connectivity index (χ3v) is 4.29. The summed E-state index contributed by atoms with van der Waals surface area (Å²) in [5.41, 5.74) is 1.78. The number of hydrogen-bond donors (Lipinski definition) is 1. The van der Waals surface area contributed by atoms with Crippen molar-refractivity contribution < 1.29 is 4.79 Å². The summed E-state index contributed by atoms with van der Waals surface area (Å²) < 4.78 is 0.948. The molecule has 0 atom stereocenters. The number of aryl methyl sites for hydroxylation is 2. The van der Waals surface area contributed by atoms with Crippen LogP contribution in [0.1, 0.15) is 25.8 Å². The molecule has 1 amide bonds. The molecule has 0 saturated heterocycles. The Morgan fingerprint density at radius 2 is 2.22 bits per heavy atom. The fourth-order valence-corrected chi connectivity index (χ4v) is 2.60. The van der Waals surface area contributed by atoms with E-state index < -0.39 is 0 Å². The van der Waals surface area contributed by atoms with E-state index in [2.05, 4.69) is 26.2 Å². The molecule has 94 valence electrons. The molecule has 3 nitrogen and oxygen atoms in total. The summed E-state index contributed by atoms with van der Waals surface area (Å²) in [7, 11) is 0. The smallest absolute Gasteiger partial charge is 0.251 e. The molecule has 0 saturated carbocycles. The van der Waals surface area contributed by atoms with Crippen molar-refractivity contribution in [3.05, 3.63) is 49.9 Å². The zero-order valence-electron chi connectivity index (χ0n) is 10.2. The molecular formula is C13H13BrN2OS. The Morgan fingerprint density at radius 1 is 1.44 bits per heavy atom. The summed E-state index contributed by atoms with van der Waals surface area (Å²) in [6.45, 7) is 4.47. The Bertz CT molecular complexity index is 580. The number of halogens is 1. The Balaban J connectivity index is 2.01. The SMILES string of the molecule is Cc1ncc(CNC(=O)c2ccc(C)c(Br)c2)s1. The molecule has 1 N–H and O–H groups in total. The zero-order valence-corrected chi connectivity index (χ0v) is 12.6. The van der Waals surface area contributed by atoms with Crippen LogP contribution in [0.2, 0.25) is 0 Å². The van der Waals surface area contributed by atoms with Gasteiger partial charge in [0.2, 0.25) is 0 Å². The van der Waals surface area contributed by atoms with Crippen LogP contribution in [0.5, 0.6) is 0 Å². The highest BCUT2D eigenvalue weighted by molar-refractivity contribution is 9.10. The fraction of sp³-hybridized carbons (Fsp3) is 0.231. The van der Waals surface area contributed by atoms with Crippen LogP contribution < -0.4 is 5.32 Å². The highest BCUT2D eigenvalue weighted by Gasteiger charge is 2.07. The maximum Gasteiger partial charge on any atom is 0.251 e. The molecule has 0 aliphatic rings. The molecule has 1 aromatic heterocycles. The second-order valence-electron chi connectivity index (χ2n) is 3.99. The van der Waals surface area contributed by atoms with Gasteiger partial charge in [-0.25, -0.2) is 4.98 Å². The fourth-order valence-electron chi connectivity index (χ4n) is 1.49. The number of thiazole rings is 1. The third kappa shape index (κ3) is 3.17. The summed E-state index contributed by atoms with van der Waals surface area (Å²) in [6, 6.07) is 5.59. The first-order chi connectivity index (χ1) is 8.56. The predicted octanol–water partition coefficient (Wildman–Crippen LogP) is 3.45. The summed E-state index contributed by atoms with van der Waals surface area (Å²) in [4.78, 5) is 17.2. The number of nitrogens with zero attached hydrogens (tertiary/aromatic N) is 1. The van der Waals surface area contributed by atoms with E-state index in [4.69, 9.17) is 0 Å². The minimum atomic E-state index is -0.0678. The molecule has 2 rings (SSSR count). The van der Waals surface area contributed by atoms with Crippen molar-refractivity contribution >= 4 is 33.2 Å². The van der Waals surface area contributed by atoms with Crippen molar-refractivity contribution in [2.45, 2.75) is 20.4 Å². The second-order valence-corrected chi connectivity index (χ2v) is 6.17. The lowest BCUT2D eigenvalue weighted by Crippen LogP contribution is -2.22. The summed E-state index contributed by atoms with van der Waals surface area (Å²) >= 11 is 5.02. The Labute approximate surface area is 118 Å². The zero-order chi connectivity index (χ0) is 13.1. The maximum absolute atomic E-state index is 11.9. The van der Waals surface area contributed by atoms with Crippen LogP contribution in [0.15, 0.2) is 28.9 Å². The minimum Gasteiger partial charge on any atom is -0.347 e. The van der Waals surface area contributed by atoms with Crippen LogP contribution >= 0.6 is 27.3 Å². The molecule has 0 aliphatic carbocycles. The molecular weight excluding hydrogens is 312 g/mol. The van der Waals surface area contributed by atoms with Crippen LogP contribution in [0.3, 0.4) is 0 Å². The second kappa shape index (κ2) is 5.63. The summed E-state index contributed by atoms with van der Waals surface area (Å²) in [5, 5.41) is 3.90. The number of nitrogens with one attached hydrogen (secondary N) is 1. The average Bonchev–Trinajstić information content (AvgIpc) is 2.75. The van der Waals surface area contributed by atoms with Gasteiger partial charge in [0.25, 0.3) is 5.91 Å². The summed E-state index contributed by atoms with van der Waals surface area (Å²) in [5.74, 6) is -0.0678. The lowest BCUT2D eigenvalue weighted by Gasteiger charge is -2.05. The van der Waals surface area contributed by atoms with Crippen molar-refractivity contribution in [2.75, 3.05) is 0 Å². The first-order valence-corrected chi connectivity index (χ1v) is 7.13. The van der Waals surface area contributed by atoms with E-state index in [1.54, 1.807) is 17.5 Å². The van der Waals surface area contributed by atoms with E-state index in [0.717, 1.165) is 19.9 Å². The van der Waals surface area contributed by atoms with Gasteiger partial charge in [-0.1, -0.05) is 22.0 Å². The van der Waals surface area contributed by atoms with Gasteiger partial charge in [0, 0.05) is 21.1 Å². The Kier molecular flexibility index (Phi) is 4.14. The van der Waals surface area contributed by atoms with Gasteiger partial charge in [-0.2, -0.15) is 0 Å². The van der Waals surface area contributed by atoms with E-state index in [1.165, 1.54) is 0 Å². The normalized spacial score (nSPS) is 10.4. The average molecular weight is 325 g/mol. The monoisotopic (exact) mass is 324 g/mol. The van der Waals surface area contributed by atoms with E-state index in [1.807, 2.05) is 32.0 Å². The van der Waals surface area contributed by atoms with Gasteiger partial charge >= 0.3 is 0 Å². The van der Waals surface area contributed by atoms with Crippen molar-refractivity contribution in [3.8, 4) is 0 Å². The molecule has 0 unspecified atom stereocenters. The topological polar surface area (TPSA) is 42.0 Å². The number of hydrogen-bond acceptors (Lipinski definition) is 3. The highest BCUT2D eigenvalue weighted by atomic mass is 79.9. The van der Waals surface area contributed by atoms with Crippen LogP contribution in [0.25, 0.3) is 0 Å². The number of amides is 1. The first kappa shape index (κ1) is 13.2. The maximum atomic E-state index is 11.9. The Morgan fingerprint density at radius 3 is 2.83 bits per heavy atom. The van der Waals surface area contributed by atoms with Crippen LogP contribution in [-0.2, 0) is 6.54 Å². The minimum absolute atomic E-state index is 0.0678. The molecule has 1 aromatic carbocycles. The highest BCUT2D eigenvalue weighted by Crippen LogP contribution is 2.17. The van der Waals surface area contributed by atoms with Crippen molar-refractivity contribution in [3.63, 3.8) is 0 Å². The van der Waals surface area contributed by atoms with Crippen molar-refractivity contribution in [1.82, 2.24) is 10.3 Å². The molecule has 0 fully saturated rings. The first-order valence-electron chi connectivity index (χ1n) is 5.52. The van der Waals surface area contributed by atoms with Gasteiger partial charge in [-0.05, 0) is 31.5 Å². The summed E-state index contributed by atoms with van der Waals surface area (Å²) in [6.07, 6.45) is 1.80. The lowest BCUT2D eigenvalue weighted by atomic mass is 10.1. The van der Waals surface area contributed by atoms with Gasteiger partial charge in [0.05, 0.1) is 11.6 Å². The number of aromatic nitrogens is 1. The number of carbonyl (C=O) groups excluding carboxylic acids is 1.